The first-order chi connectivity index (χ1) is 7.49. The second-order valence-corrected chi connectivity index (χ2v) is 3.84. The summed E-state index contributed by atoms with van der Waals surface area (Å²) in [5.74, 6) is -1.16. The van der Waals surface area contributed by atoms with Gasteiger partial charge in [-0.05, 0) is 26.0 Å². The summed E-state index contributed by atoms with van der Waals surface area (Å²) in [7, 11) is 0. The molecule has 1 atom stereocenters. The van der Waals surface area contributed by atoms with E-state index in [1.165, 1.54) is 0 Å². The molecule has 0 saturated heterocycles. The monoisotopic (exact) mass is 221 g/mol. The first-order valence-corrected chi connectivity index (χ1v) is 5.08. The van der Waals surface area contributed by atoms with Crippen LogP contribution in [0.1, 0.15) is 29.3 Å². The van der Waals surface area contributed by atoms with Crippen molar-refractivity contribution < 1.29 is 14.7 Å². The number of rotatable bonds is 4. The average molecular weight is 221 g/mol. The third-order valence-electron chi connectivity index (χ3n) is 2.14. The van der Waals surface area contributed by atoms with Crippen LogP contribution in [0.5, 0.6) is 0 Å². The Hall–Kier alpha value is -1.84. The summed E-state index contributed by atoms with van der Waals surface area (Å²) < 4.78 is 0. The zero-order valence-corrected chi connectivity index (χ0v) is 9.36. The molecule has 0 saturated carbocycles. The van der Waals surface area contributed by atoms with E-state index in [9.17, 15) is 9.59 Å². The number of carboxylic acids is 1. The van der Waals surface area contributed by atoms with Gasteiger partial charge in [0.15, 0.2) is 0 Å². The van der Waals surface area contributed by atoms with E-state index in [1.54, 1.807) is 25.1 Å². The summed E-state index contributed by atoms with van der Waals surface area (Å²) in [5.41, 5.74) is 1.55. The number of benzene rings is 1. The van der Waals surface area contributed by atoms with Crippen molar-refractivity contribution in [2.24, 2.45) is 0 Å². The molecular formula is C12H15NO3. The highest BCUT2D eigenvalue weighted by Gasteiger charge is 2.12. The zero-order valence-electron chi connectivity index (χ0n) is 9.36. The van der Waals surface area contributed by atoms with Crippen LogP contribution in [0.15, 0.2) is 24.3 Å². The number of carbonyl (C=O) groups excluding carboxylic acids is 1. The summed E-state index contributed by atoms with van der Waals surface area (Å²) >= 11 is 0. The number of nitrogens with one attached hydrogen (secondary N) is 1. The Labute approximate surface area is 94.3 Å². The first kappa shape index (κ1) is 12.2. The minimum atomic E-state index is -0.919. The standard InChI is InChI=1S/C12H15NO3/c1-8-4-3-5-10(6-8)12(16)13-9(2)7-11(14)15/h3-6,9H,7H2,1-2H3,(H,13,16)(H,14,15)/t9-/m1/s1. The highest BCUT2D eigenvalue weighted by molar-refractivity contribution is 5.94. The molecule has 0 radical (unpaired) electrons. The Bertz CT molecular complexity index is 401. The maximum Gasteiger partial charge on any atom is 0.305 e. The van der Waals surface area contributed by atoms with Crippen LogP contribution in [0, 0.1) is 6.92 Å². The van der Waals surface area contributed by atoms with Crippen LogP contribution in [0.2, 0.25) is 0 Å². The molecule has 0 heterocycles. The zero-order chi connectivity index (χ0) is 12.1. The molecule has 0 aliphatic rings. The molecular weight excluding hydrogens is 206 g/mol. The Balaban J connectivity index is 2.62. The predicted octanol–water partition coefficient (Wildman–Crippen LogP) is 1.59. The van der Waals surface area contributed by atoms with Crippen molar-refractivity contribution in [1.29, 1.82) is 0 Å². The largest absolute Gasteiger partial charge is 0.481 e. The fraction of sp³-hybridized carbons (Fsp3) is 0.333. The minimum absolute atomic E-state index is 0.0719. The van der Waals surface area contributed by atoms with Crippen molar-refractivity contribution in [1.82, 2.24) is 5.32 Å². The fourth-order valence-electron chi connectivity index (χ4n) is 1.41. The average Bonchev–Trinajstić information content (AvgIpc) is 2.16. The number of aryl methyl sites for hydroxylation is 1. The van der Waals surface area contributed by atoms with Gasteiger partial charge in [0.2, 0.25) is 0 Å². The van der Waals surface area contributed by atoms with Gasteiger partial charge in [-0.2, -0.15) is 0 Å². The lowest BCUT2D eigenvalue weighted by Crippen LogP contribution is -2.34. The maximum atomic E-state index is 11.7. The van der Waals surface area contributed by atoms with Gasteiger partial charge in [-0.25, -0.2) is 0 Å². The van der Waals surface area contributed by atoms with Gasteiger partial charge in [0.1, 0.15) is 0 Å². The third-order valence-corrected chi connectivity index (χ3v) is 2.14. The molecule has 16 heavy (non-hydrogen) atoms. The van der Waals surface area contributed by atoms with E-state index >= 15 is 0 Å². The molecule has 1 aromatic carbocycles. The number of carboxylic acid groups (broad SMARTS) is 1. The summed E-state index contributed by atoms with van der Waals surface area (Å²) in [6.07, 6.45) is -0.0719. The molecule has 0 aliphatic heterocycles. The van der Waals surface area contributed by atoms with Gasteiger partial charge in [-0.15, -0.1) is 0 Å². The molecule has 86 valence electrons. The molecule has 0 aromatic heterocycles. The highest BCUT2D eigenvalue weighted by atomic mass is 16.4. The summed E-state index contributed by atoms with van der Waals surface area (Å²) in [6, 6.07) is 6.80. The molecule has 0 aliphatic carbocycles. The maximum absolute atomic E-state index is 11.7. The van der Waals surface area contributed by atoms with E-state index in [0.717, 1.165) is 5.56 Å². The summed E-state index contributed by atoms with van der Waals surface area (Å²) in [5, 5.41) is 11.2. The third kappa shape index (κ3) is 3.73. The Kier molecular flexibility index (Phi) is 4.05. The Morgan fingerprint density at radius 1 is 1.44 bits per heavy atom. The predicted molar refractivity (Wildman–Crippen MR) is 60.4 cm³/mol. The van der Waals surface area contributed by atoms with E-state index in [1.807, 2.05) is 13.0 Å². The van der Waals surface area contributed by atoms with Crippen LogP contribution in [-0.2, 0) is 4.79 Å². The van der Waals surface area contributed by atoms with Crippen molar-refractivity contribution in [3.63, 3.8) is 0 Å². The molecule has 0 bridgehead atoms. The topological polar surface area (TPSA) is 66.4 Å². The number of hydrogen-bond donors (Lipinski definition) is 2. The minimum Gasteiger partial charge on any atom is -0.481 e. The van der Waals surface area contributed by atoms with Crippen LogP contribution in [0.4, 0.5) is 0 Å². The number of carbonyl (C=O) groups is 2. The van der Waals surface area contributed by atoms with Crippen molar-refractivity contribution in [3.05, 3.63) is 35.4 Å². The van der Waals surface area contributed by atoms with Gasteiger partial charge in [-0.3, -0.25) is 9.59 Å². The van der Waals surface area contributed by atoms with E-state index in [0.29, 0.717) is 5.56 Å². The Morgan fingerprint density at radius 2 is 2.12 bits per heavy atom. The van der Waals surface area contributed by atoms with Crippen molar-refractivity contribution in [2.75, 3.05) is 0 Å². The lowest BCUT2D eigenvalue weighted by Gasteiger charge is -2.11. The van der Waals surface area contributed by atoms with Gasteiger partial charge in [0.05, 0.1) is 6.42 Å². The number of amides is 1. The van der Waals surface area contributed by atoms with Crippen LogP contribution in [-0.4, -0.2) is 23.0 Å². The molecule has 1 aromatic rings. The molecule has 4 nitrogen and oxygen atoms in total. The number of hydrogen-bond acceptors (Lipinski definition) is 2. The molecule has 4 heteroatoms. The van der Waals surface area contributed by atoms with Crippen molar-refractivity contribution in [2.45, 2.75) is 26.3 Å². The van der Waals surface area contributed by atoms with Crippen molar-refractivity contribution in [3.8, 4) is 0 Å². The smallest absolute Gasteiger partial charge is 0.305 e. The van der Waals surface area contributed by atoms with Crippen LogP contribution < -0.4 is 5.32 Å². The van der Waals surface area contributed by atoms with E-state index in [4.69, 9.17) is 5.11 Å². The van der Waals surface area contributed by atoms with Crippen LogP contribution >= 0.6 is 0 Å². The van der Waals surface area contributed by atoms with E-state index in [2.05, 4.69) is 5.32 Å². The first-order valence-electron chi connectivity index (χ1n) is 5.08. The summed E-state index contributed by atoms with van der Waals surface area (Å²) in [4.78, 5) is 22.1. The second kappa shape index (κ2) is 5.30. The molecule has 2 N–H and O–H groups in total. The molecule has 1 amide bonds. The molecule has 0 unspecified atom stereocenters. The lowest BCUT2D eigenvalue weighted by molar-refractivity contribution is -0.137. The molecule has 0 spiro atoms. The fourth-order valence-corrected chi connectivity index (χ4v) is 1.41. The van der Waals surface area contributed by atoms with E-state index < -0.39 is 5.97 Å². The quantitative estimate of drug-likeness (QED) is 0.811. The van der Waals surface area contributed by atoms with Gasteiger partial charge < -0.3 is 10.4 Å². The number of aliphatic carboxylic acids is 1. The van der Waals surface area contributed by atoms with Gasteiger partial charge in [0.25, 0.3) is 5.91 Å². The summed E-state index contributed by atoms with van der Waals surface area (Å²) in [6.45, 7) is 3.57. The van der Waals surface area contributed by atoms with Gasteiger partial charge >= 0.3 is 5.97 Å². The van der Waals surface area contributed by atoms with E-state index in [-0.39, 0.29) is 18.4 Å². The van der Waals surface area contributed by atoms with Gasteiger partial charge in [-0.1, -0.05) is 17.7 Å². The van der Waals surface area contributed by atoms with Crippen molar-refractivity contribution >= 4 is 11.9 Å². The second-order valence-electron chi connectivity index (χ2n) is 3.84. The molecule has 0 fully saturated rings. The molecule has 1 rings (SSSR count). The Morgan fingerprint density at radius 3 is 2.69 bits per heavy atom. The van der Waals surface area contributed by atoms with Gasteiger partial charge in [0, 0.05) is 11.6 Å². The normalized spacial score (nSPS) is 11.9. The van der Waals surface area contributed by atoms with Crippen LogP contribution in [0.25, 0.3) is 0 Å². The highest BCUT2D eigenvalue weighted by Crippen LogP contribution is 2.04. The van der Waals surface area contributed by atoms with Crippen LogP contribution in [0.3, 0.4) is 0 Å². The lowest BCUT2D eigenvalue weighted by atomic mass is 10.1. The SMILES string of the molecule is Cc1cccc(C(=O)N[C@H](C)CC(=O)O)c1.